The molecule has 1 saturated heterocycles. The molecule has 1 atom stereocenters. The molecule has 2 N–H and O–H groups in total. The van der Waals surface area contributed by atoms with E-state index in [2.05, 4.69) is 84.3 Å². The van der Waals surface area contributed by atoms with Crippen LogP contribution in [0.1, 0.15) is 26.3 Å². The summed E-state index contributed by atoms with van der Waals surface area (Å²) in [6.45, 7) is 19.2. The molecule has 29 heavy (non-hydrogen) atoms. The lowest BCUT2D eigenvalue weighted by atomic mass is 10.1. The molecule has 0 spiro atoms. The van der Waals surface area contributed by atoms with Crippen LogP contribution in [0.4, 0.5) is 5.69 Å². The van der Waals surface area contributed by atoms with Crippen molar-refractivity contribution in [1.29, 1.82) is 0 Å². The maximum atomic E-state index is 4.84. The van der Waals surface area contributed by atoms with E-state index in [0.717, 1.165) is 45.2 Å². The molecule has 6 heteroatoms. The first kappa shape index (κ1) is 23.5. The van der Waals surface area contributed by atoms with Crippen molar-refractivity contribution in [2.45, 2.75) is 27.7 Å². The molecular weight excluding hydrogens is 360 g/mol. The molecule has 0 saturated carbocycles. The number of aliphatic imine (C=N–C) groups is 1. The number of anilines is 1. The van der Waals surface area contributed by atoms with Gasteiger partial charge < -0.3 is 25.3 Å². The molecule has 0 aromatic heterocycles. The van der Waals surface area contributed by atoms with Crippen LogP contribution in [0.5, 0.6) is 0 Å². The monoisotopic (exact) mass is 402 g/mol. The van der Waals surface area contributed by atoms with Gasteiger partial charge in [0.25, 0.3) is 0 Å². The third-order valence-corrected chi connectivity index (χ3v) is 5.49. The van der Waals surface area contributed by atoms with Crippen LogP contribution in [0.15, 0.2) is 29.3 Å². The minimum absolute atomic E-state index is 0.563. The van der Waals surface area contributed by atoms with Crippen molar-refractivity contribution in [3.05, 3.63) is 29.8 Å². The molecule has 1 unspecified atom stereocenters. The van der Waals surface area contributed by atoms with Crippen molar-refractivity contribution in [3.63, 3.8) is 0 Å². The van der Waals surface area contributed by atoms with Crippen molar-refractivity contribution in [3.8, 4) is 0 Å². The van der Waals surface area contributed by atoms with Gasteiger partial charge in [-0.05, 0) is 51.4 Å². The second-order valence-electron chi connectivity index (χ2n) is 8.27. The van der Waals surface area contributed by atoms with E-state index in [9.17, 15) is 0 Å². The lowest BCUT2D eigenvalue weighted by Gasteiger charge is -2.33. The van der Waals surface area contributed by atoms with Crippen molar-refractivity contribution in [2.75, 3.05) is 77.4 Å². The quantitative estimate of drug-likeness (QED) is 0.464. The standard InChI is InChI=1S/C23H42N6/c1-6-24-23(26-18-21(4)19-28-15-13-27(5)14-16-28)25-11-12-29(7-2)22-10-8-9-20(3)17-22/h8-10,17,21H,6-7,11-16,18-19H2,1-5H3,(H2,24,25,26). The van der Waals surface area contributed by atoms with E-state index in [-0.39, 0.29) is 0 Å². The van der Waals surface area contributed by atoms with Gasteiger partial charge >= 0.3 is 0 Å². The molecule has 0 aliphatic carbocycles. The Morgan fingerprint density at radius 1 is 1.17 bits per heavy atom. The van der Waals surface area contributed by atoms with Gasteiger partial charge in [-0.3, -0.25) is 4.99 Å². The maximum Gasteiger partial charge on any atom is 0.191 e. The Kier molecular flexibility index (Phi) is 10.3. The van der Waals surface area contributed by atoms with Gasteiger partial charge in [-0.1, -0.05) is 19.1 Å². The molecule has 0 radical (unpaired) electrons. The molecule has 1 aromatic carbocycles. The fourth-order valence-electron chi connectivity index (χ4n) is 3.72. The fourth-order valence-corrected chi connectivity index (χ4v) is 3.72. The summed E-state index contributed by atoms with van der Waals surface area (Å²) in [6, 6.07) is 8.72. The van der Waals surface area contributed by atoms with Gasteiger partial charge in [0.15, 0.2) is 5.96 Å². The van der Waals surface area contributed by atoms with Crippen LogP contribution in [0.3, 0.4) is 0 Å². The molecular formula is C23H42N6. The number of likely N-dealkylation sites (N-methyl/N-ethyl adjacent to an activating group) is 2. The van der Waals surface area contributed by atoms with Crippen LogP contribution in [-0.4, -0.2) is 88.3 Å². The normalized spacial score (nSPS) is 17.2. The van der Waals surface area contributed by atoms with Gasteiger partial charge in [0.05, 0.1) is 0 Å². The molecule has 6 nitrogen and oxygen atoms in total. The van der Waals surface area contributed by atoms with Gasteiger partial charge in [-0.2, -0.15) is 0 Å². The predicted octanol–water partition coefficient (Wildman–Crippen LogP) is 2.26. The van der Waals surface area contributed by atoms with E-state index in [4.69, 9.17) is 4.99 Å². The van der Waals surface area contributed by atoms with E-state index in [1.54, 1.807) is 0 Å². The van der Waals surface area contributed by atoms with E-state index in [1.807, 2.05) is 0 Å². The van der Waals surface area contributed by atoms with Crippen LogP contribution in [-0.2, 0) is 0 Å². The molecule has 164 valence electrons. The zero-order valence-electron chi connectivity index (χ0n) is 19.2. The van der Waals surface area contributed by atoms with E-state index in [1.165, 1.54) is 37.4 Å². The lowest BCUT2D eigenvalue weighted by molar-refractivity contribution is 0.140. The molecule has 1 fully saturated rings. The summed E-state index contributed by atoms with van der Waals surface area (Å²) in [6.07, 6.45) is 0. The lowest BCUT2D eigenvalue weighted by Crippen LogP contribution is -2.46. The van der Waals surface area contributed by atoms with Crippen molar-refractivity contribution in [2.24, 2.45) is 10.9 Å². The number of nitrogens with zero attached hydrogens (tertiary/aromatic N) is 4. The summed E-state index contributed by atoms with van der Waals surface area (Å²) >= 11 is 0. The number of nitrogens with one attached hydrogen (secondary N) is 2. The SMILES string of the molecule is CCNC(=NCC(C)CN1CCN(C)CC1)NCCN(CC)c1cccc(C)c1. The average molecular weight is 403 g/mol. The largest absolute Gasteiger partial charge is 0.370 e. The molecule has 1 heterocycles. The van der Waals surface area contributed by atoms with Gasteiger partial charge in [-0.25, -0.2) is 0 Å². The molecule has 1 aromatic rings. The molecule has 2 rings (SSSR count). The highest BCUT2D eigenvalue weighted by Gasteiger charge is 2.16. The number of hydrogen-bond donors (Lipinski definition) is 2. The average Bonchev–Trinajstić information content (AvgIpc) is 2.71. The third kappa shape index (κ3) is 8.62. The summed E-state index contributed by atoms with van der Waals surface area (Å²) in [5.74, 6) is 1.49. The van der Waals surface area contributed by atoms with E-state index in [0.29, 0.717) is 5.92 Å². The third-order valence-electron chi connectivity index (χ3n) is 5.49. The van der Waals surface area contributed by atoms with Gasteiger partial charge in [0.2, 0.25) is 0 Å². The Hall–Kier alpha value is -1.79. The highest BCUT2D eigenvalue weighted by molar-refractivity contribution is 5.79. The van der Waals surface area contributed by atoms with Crippen LogP contribution >= 0.6 is 0 Å². The highest BCUT2D eigenvalue weighted by atomic mass is 15.2. The summed E-state index contributed by atoms with van der Waals surface area (Å²) in [7, 11) is 2.21. The van der Waals surface area contributed by atoms with E-state index >= 15 is 0 Å². The summed E-state index contributed by atoms with van der Waals surface area (Å²) in [5.41, 5.74) is 2.59. The number of piperazine rings is 1. The minimum atomic E-state index is 0.563. The van der Waals surface area contributed by atoms with E-state index < -0.39 is 0 Å². The molecule has 1 aliphatic rings. The zero-order valence-corrected chi connectivity index (χ0v) is 19.2. The number of benzene rings is 1. The van der Waals surface area contributed by atoms with Crippen molar-refractivity contribution in [1.82, 2.24) is 20.4 Å². The first-order valence-electron chi connectivity index (χ1n) is 11.3. The smallest absolute Gasteiger partial charge is 0.191 e. The zero-order chi connectivity index (χ0) is 21.1. The van der Waals surface area contributed by atoms with Gasteiger partial charge in [0.1, 0.15) is 0 Å². The Morgan fingerprint density at radius 2 is 1.93 bits per heavy atom. The van der Waals surface area contributed by atoms with Crippen LogP contribution in [0.25, 0.3) is 0 Å². The first-order valence-corrected chi connectivity index (χ1v) is 11.3. The number of aryl methyl sites for hydroxylation is 1. The highest BCUT2D eigenvalue weighted by Crippen LogP contribution is 2.15. The Balaban J connectivity index is 1.78. The Bertz CT molecular complexity index is 609. The Labute approximate surface area is 178 Å². The van der Waals surface area contributed by atoms with Gasteiger partial charge in [-0.15, -0.1) is 0 Å². The number of rotatable bonds is 10. The summed E-state index contributed by atoms with van der Waals surface area (Å²) in [5, 5.41) is 6.90. The predicted molar refractivity (Wildman–Crippen MR) is 126 cm³/mol. The molecule has 1 aliphatic heterocycles. The fraction of sp³-hybridized carbons (Fsp3) is 0.696. The first-order chi connectivity index (χ1) is 14.0. The van der Waals surface area contributed by atoms with Crippen LogP contribution in [0.2, 0.25) is 0 Å². The summed E-state index contributed by atoms with van der Waals surface area (Å²) < 4.78 is 0. The number of guanidine groups is 1. The topological polar surface area (TPSA) is 46.1 Å². The van der Waals surface area contributed by atoms with Gasteiger partial charge in [0, 0.05) is 71.1 Å². The van der Waals surface area contributed by atoms with Crippen LogP contribution in [0, 0.1) is 12.8 Å². The number of hydrogen-bond acceptors (Lipinski definition) is 4. The minimum Gasteiger partial charge on any atom is -0.370 e. The van der Waals surface area contributed by atoms with Crippen molar-refractivity contribution >= 4 is 11.6 Å². The maximum absolute atomic E-state index is 4.84. The molecule has 0 amide bonds. The van der Waals surface area contributed by atoms with Crippen LogP contribution < -0.4 is 15.5 Å². The second-order valence-corrected chi connectivity index (χ2v) is 8.27. The summed E-state index contributed by atoms with van der Waals surface area (Å²) in [4.78, 5) is 12.2. The Morgan fingerprint density at radius 3 is 2.59 bits per heavy atom. The van der Waals surface area contributed by atoms with Crippen molar-refractivity contribution < 1.29 is 0 Å². The molecule has 0 bridgehead atoms. The second kappa shape index (κ2) is 12.7.